The summed E-state index contributed by atoms with van der Waals surface area (Å²) in [6.45, 7) is 1.90. The standard InChI is InChI=1S/C13H12O3S2/c1-2-16-13(15)12(14)11-6-5-10(18-11)8-9-4-3-7-17-9/h3-7H,2,8H2,1H3. The molecular weight excluding hydrogens is 268 g/mol. The molecule has 0 aliphatic carbocycles. The van der Waals surface area contributed by atoms with Crippen LogP contribution < -0.4 is 0 Å². The molecule has 0 N–H and O–H groups in total. The van der Waals surface area contributed by atoms with Crippen molar-refractivity contribution in [3.63, 3.8) is 0 Å². The fraction of sp³-hybridized carbons (Fsp3) is 0.231. The van der Waals surface area contributed by atoms with Crippen molar-refractivity contribution >= 4 is 34.4 Å². The van der Waals surface area contributed by atoms with Gasteiger partial charge in [-0.25, -0.2) is 4.79 Å². The first-order chi connectivity index (χ1) is 8.70. The van der Waals surface area contributed by atoms with E-state index in [-0.39, 0.29) is 6.61 Å². The summed E-state index contributed by atoms with van der Waals surface area (Å²) in [5.41, 5.74) is 0. The molecule has 18 heavy (non-hydrogen) atoms. The summed E-state index contributed by atoms with van der Waals surface area (Å²) < 4.78 is 4.69. The first kappa shape index (κ1) is 13.0. The molecule has 0 unspecified atom stereocenters. The van der Waals surface area contributed by atoms with Crippen molar-refractivity contribution in [2.75, 3.05) is 6.61 Å². The summed E-state index contributed by atoms with van der Waals surface area (Å²) in [5, 5.41) is 2.02. The molecule has 3 nitrogen and oxygen atoms in total. The van der Waals surface area contributed by atoms with Crippen LogP contribution in [0.15, 0.2) is 29.6 Å². The van der Waals surface area contributed by atoms with Crippen molar-refractivity contribution in [3.05, 3.63) is 44.3 Å². The van der Waals surface area contributed by atoms with Gasteiger partial charge in [-0.05, 0) is 30.5 Å². The number of ketones is 1. The lowest BCUT2D eigenvalue weighted by atomic mass is 10.3. The lowest BCUT2D eigenvalue weighted by Gasteiger charge is -1.97. The van der Waals surface area contributed by atoms with E-state index in [4.69, 9.17) is 4.74 Å². The molecule has 5 heteroatoms. The van der Waals surface area contributed by atoms with Crippen LogP contribution in [0, 0.1) is 0 Å². The summed E-state index contributed by atoms with van der Waals surface area (Å²) >= 11 is 3.03. The first-order valence-corrected chi connectivity index (χ1v) is 7.23. The summed E-state index contributed by atoms with van der Waals surface area (Å²) in [4.78, 5) is 25.8. The van der Waals surface area contributed by atoms with Gasteiger partial charge in [0, 0.05) is 16.2 Å². The van der Waals surface area contributed by atoms with Crippen LogP contribution in [0.4, 0.5) is 0 Å². The van der Waals surface area contributed by atoms with E-state index in [0.717, 1.165) is 11.3 Å². The number of thiophene rings is 2. The van der Waals surface area contributed by atoms with Gasteiger partial charge in [0.25, 0.3) is 5.78 Å². The average Bonchev–Trinajstić information content (AvgIpc) is 3.00. The Morgan fingerprint density at radius 2 is 2.06 bits per heavy atom. The van der Waals surface area contributed by atoms with Gasteiger partial charge in [-0.1, -0.05) is 6.07 Å². The van der Waals surface area contributed by atoms with Crippen molar-refractivity contribution in [2.24, 2.45) is 0 Å². The minimum atomic E-state index is -0.776. The molecule has 0 aliphatic heterocycles. The quantitative estimate of drug-likeness (QED) is 0.480. The lowest BCUT2D eigenvalue weighted by Crippen LogP contribution is -2.16. The minimum Gasteiger partial charge on any atom is -0.460 e. The highest BCUT2D eigenvalue weighted by Crippen LogP contribution is 2.22. The predicted molar refractivity (Wildman–Crippen MR) is 72.4 cm³/mol. The van der Waals surface area contributed by atoms with E-state index in [1.165, 1.54) is 16.2 Å². The van der Waals surface area contributed by atoms with E-state index in [1.54, 1.807) is 24.3 Å². The third-order valence-corrected chi connectivity index (χ3v) is 4.24. The number of carbonyl (C=O) groups is 2. The Hall–Kier alpha value is -1.46. The molecule has 2 aromatic heterocycles. The summed E-state index contributed by atoms with van der Waals surface area (Å²) in [5.74, 6) is -1.33. The van der Waals surface area contributed by atoms with Crippen LogP contribution in [0.5, 0.6) is 0 Å². The highest BCUT2D eigenvalue weighted by Gasteiger charge is 2.19. The van der Waals surface area contributed by atoms with E-state index in [9.17, 15) is 9.59 Å². The van der Waals surface area contributed by atoms with Crippen LogP contribution in [-0.2, 0) is 16.0 Å². The fourth-order valence-corrected chi connectivity index (χ4v) is 3.25. The maximum Gasteiger partial charge on any atom is 0.380 e. The van der Waals surface area contributed by atoms with E-state index in [1.807, 2.05) is 17.5 Å². The van der Waals surface area contributed by atoms with Gasteiger partial charge in [0.05, 0.1) is 11.5 Å². The predicted octanol–water partition coefficient (Wildman–Crippen LogP) is 3.15. The minimum absolute atomic E-state index is 0.220. The zero-order valence-corrected chi connectivity index (χ0v) is 11.5. The molecule has 0 aliphatic rings. The van der Waals surface area contributed by atoms with Gasteiger partial charge >= 0.3 is 5.97 Å². The van der Waals surface area contributed by atoms with E-state index in [2.05, 4.69) is 6.07 Å². The molecule has 0 saturated carbocycles. The molecule has 2 aromatic rings. The van der Waals surface area contributed by atoms with Crippen molar-refractivity contribution in [2.45, 2.75) is 13.3 Å². The van der Waals surface area contributed by atoms with Gasteiger partial charge in [-0.2, -0.15) is 0 Å². The van der Waals surface area contributed by atoms with Crippen LogP contribution in [0.2, 0.25) is 0 Å². The normalized spacial score (nSPS) is 10.3. The molecule has 0 radical (unpaired) electrons. The third-order valence-electron chi connectivity index (χ3n) is 2.27. The molecule has 0 fully saturated rings. The second kappa shape index (κ2) is 5.93. The van der Waals surface area contributed by atoms with Gasteiger partial charge < -0.3 is 4.74 Å². The van der Waals surface area contributed by atoms with Crippen molar-refractivity contribution in [3.8, 4) is 0 Å². The molecule has 0 saturated heterocycles. The zero-order chi connectivity index (χ0) is 13.0. The monoisotopic (exact) mass is 280 g/mol. The maximum absolute atomic E-state index is 11.7. The third kappa shape index (κ3) is 3.05. The summed E-state index contributed by atoms with van der Waals surface area (Å²) in [6.07, 6.45) is 0.804. The van der Waals surface area contributed by atoms with Crippen molar-refractivity contribution in [1.29, 1.82) is 0 Å². The van der Waals surface area contributed by atoms with Gasteiger partial charge in [-0.3, -0.25) is 4.79 Å². The van der Waals surface area contributed by atoms with Crippen LogP contribution >= 0.6 is 22.7 Å². The van der Waals surface area contributed by atoms with E-state index in [0.29, 0.717) is 4.88 Å². The maximum atomic E-state index is 11.7. The number of hydrogen-bond donors (Lipinski definition) is 0. The number of Topliss-reactive ketones (excluding diaryl/α,β-unsaturated/α-hetero) is 1. The molecule has 2 rings (SSSR count). The number of carbonyl (C=O) groups excluding carboxylic acids is 2. The second-order valence-corrected chi connectivity index (χ2v) is 5.77. The second-order valence-electron chi connectivity index (χ2n) is 3.57. The van der Waals surface area contributed by atoms with Crippen LogP contribution in [-0.4, -0.2) is 18.4 Å². The smallest absolute Gasteiger partial charge is 0.380 e. The SMILES string of the molecule is CCOC(=O)C(=O)c1ccc(Cc2cccs2)s1. The molecule has 0 aromatic carbocycles. The Morgan fingerprint density at radius 1 is 1.22 bits per heavy atom. The molecular formula is C13H12O3S2. The van der Waals surface area contributed by atoms with E-state index >= 15 is 0 Å². The highest BCUT2D eigenvalue weighted by molar-refractivity contribution is 7.15. The first-order valence-electron chi connectivity index (χ1n) is 5.53. The Morgan fingerprint density at radius 3 is 2.72 bits per heavy atom. The van der Waals surface area contributed by atoms with Gasteiger partial charge in [0.2, 0.25) is 0 Å². The van der Waals surface area contributed by atoms with Crippen LogP contribution in [0.25, 0.3) is 0 Å². The number of esters is 1. The molecule has 2 heterocycles. The number of rotatable bonds is 5. The van der Waals surface area contributed by atoms with Crippen molar-refractivity contribution in [1.82, 2.24) is 0 Å². The molecule has 0 spiro atoms. The molecule has 94 valence electrons. The van der Waals surface area contributed by atoms with Crippen LogP contribution in [0.3, 0.4) is 0 Å². The topological polar surface area (TPSA) is 43.4 Å². The van der Waals surface area contributed by atoms with Gasteiger partial charge in [0.1, 0.15) is 0 Å². The highest BCUT2D eigenvalue weighted by atomic mass is 32.1. The van der Waals surface area contributed by atoms with E-state index < -0.39 is 11.8 Å². The molecule has 0 bridgehead atoms. The Bertz CT molecular complexity index is 540. The number of hydrogen-bond acceptors (Lipinski definition) is 5. The Kier molecular flexibility index (Phi) is 4.28. The largest absolute Gasteiger partial charge is 0.460 e. The Labute approximate surface area is 113 Å². The summed E-state index contributed by atoms with van der Waals surface area (Å²) in [6, 6.07) is 7.62. The lowest BCUT2D eigenvalue weighted by molar-refractivity contribution is -0.137. The fourth-order valence-electron chi connectivity index (χ4n) is 1.48. The molecule has 0 atom stereocenters. The van der Waals surface area contributed by atoms with Crippen LogP contribution in [0.1, 0.15) is 26.3 Å². The van der Waals surface area contributed by atoms with Gasteiger partial charge in [-0.15, -0.1) is 22.7 Å². The molecule has 0 amide bonds. The van der Waals surface area contributed by atoms with Gasteiger partial charge in [0.15, 0.2) is 0 Å². The summed E-state index contributed by atoms with van der Waals surface area (Å²) in [7, 11) is 0. The number of ether oxygens (including phenoxy) is 1. The average molecular weight is 280 g/mol. The zero-order valence-electron chi connectivity index (χ0n) is 9.84. The van der Waals surface area contributed by atoms with Crippen molar-refractivity contribution < 1.29 is 14.3 Å². The Balaban J connectivity index is 2.06.